The topological polar surface area (TPSA) is 35.2 Å². The third-order valence-corrected chi connectivity index (χ3v) is 3.18. The second-order valence-electron chi connectivity index (χ2n) is 4.37. The highest BCUT2D eigenvalue weighted by molar-refractivity contribution is 5.85. The maximum atomic E-state index is 12.6. The molecule has 0 saturated heterocycles. The zero-order valence-electron chi connectivity index (χ0n) is 11.1. The van der Waals surface area contributed by atoms with Gasteiger partial charge >= 0.3 is 6.18 Å². The first-order valence-electron chi connectivity index (χ1n) is 5.82. The highest BCUT2D eigenvalue weighted by Crippen LogP contribution is 2.36. The molecule has 0 aromatic heterocycles. The van der Waals surface area contributed by atoms with E-state index < -0.39 is 11.7 Å². The summed E-state index contributed by atoms with van der Waals surface area (Å²) in [7, 11) is 1.35. The maximum Gasteiger partial charge on any atom is 0.416 e. The first-order valence-corrected chi connectivity index (χ1v) is 5.82. The van der Waals surface area contributed by atoms with E-state index in [1.807, 2.05) is 13.8 Å². The van der Waals surface area contributed by atoms with E-state index in [2.05, 4.69) is 0 Å². The van der Waals surface area contributed by atoms with Gasteiger partial charge in [0, 0.05) is 11.6 Å². The fourth-order valence-electron chi connectivity index (χ4n) is 1.72. The minimum atomic E-state index is -4.37. The van der Waals surface area contributed by atoms with Crippen molar-refractivity contribution < 1.29 is 17.9 Å². The average Bonchev–Trinajstić information content (AvgIpc) is 2.35. The van der Waals surface area contributed by atoms with Gasteiger partial charge in [-0.1, -0.05) is 26.3 Å². The Hall–Kier alpha value is -0.940. The van der Waals surface area contributed by atoms with Gasteiger partial charge in [0.15, 0.2) is 0 Å². The molecule has 2 N–H and O–H groups in total. The van der Waals surface area contributed by atoms with E-state index in [9.17, 15) is 13.2 Å². The number of halogens is 4. The summed E-state index contributed by atoms with van der Waals surface area (Å²) in [5.74, 6) is 0.369. The van der Waals surface area contributed by atoms with Crippen molar-refractivity contribution in [2.24, 2.45) is 11.7 Å². The second kappa shape index (κ2) is 7.01. The summed E-state index contributed by atoms with van der Waals surface area (Å²) in [5, 5.41) is 0. The molecule has 0 aliphatic carbocycles. The number of benzene rings is 1. The predicted molar refractivity (Wildman–Crippen MR) is 71.6 cm³/mol. The molecule has 0 aliphatic rings. The predicted octanol–water partition coefficient (Wildman–Crippen LogP) is 4.18. The molecule has 0 amide bonds. The van der Waals surface area contributed by atoms with Crippen molar-refractivity contribution in [2.45, 2.75) is 32.5 Å². The molecule has 1 unspecified atom stereocenters. The van der Waals surface area contributed by atoms with Crippen molar-refractivity contribution in [3.8, 4) is 5.75 Å². The quantitative estimate of drug-likeness (QED) is 0.905. The van der Waals surface area contributed by atoms with Crippen LogP contribution in [-0.2, 0) is 6.18 Å². The van der Waals surface area contributed by atoms with Crippen LogP contribution in [0, 0.1) is 5.92 Å². The number of ether oxygens (including phenoxy) is 1. The third kappa shape index (κ3) is 4.28. The van der Waals surface area contributed by atoms with E-state index in [4.69, 9.17) is 10.5 Å². The molecule has 1 aromatic rings. The highest BCUT2D eigenvalue weighted by atomic mass is 35.5. The molecule has 0 saturated carbocycles. The number of methoxy groups -OCH3 is 1. The van der Waals surface area contributed by atoms with Gasteiger partial charge in [0.05, 0.1) is 12.7 Å². The SMILES string of the molecule is CCC(C)[C@H](N)c1ccc(C(F)(F)F)cc1OC.Cl. The fraction of sp³-hybridized carbons (Fsp3) is 0.538. The summed E-state index contributed by atoms with van der Waals surface area (Å²) < 4.78 is 42.7. The summed E-state index contributed by atoms with van der Waals surface area (Å²) in [6.45, 7) is 3.95. The summed E-state index contributed by atoms with van der Waals surface area (Å²) in [5.41, 5.74) is 5.91. The summed E-state index contributed by atoms with van der Waals surface area (Å²) in [6.07, 6.45) is -3.52. The molecule has 0 bridgehead atoms. The Labute approximate surface area is 117 Å². The van der Waals surface area contributed by atoms with Gasteiger partial charge in [0.2, 0.25) is 0 Å². The molecule has 0 aliphatic heterocycles. The minimum absolute atomic E-state index is 0. The second-order valence-corrected chi connectivity index (χ2v) is 4.37. The molecule has 6 heteroatoms. The molecule has 19 heavy (non-hydrogen) atoms. The van der Waals surface area contributed by atoms with Crippen molar-refractivity contribution in [3.05, 3.63) is 29.3 Å². The molecule has 2 nitrogen and oxygen atoms in total. The summed E-state index contributed by atoms with van der Waals surface area (Å²) in [4.78, 5) is 0. The van der Waals surface area contributed by atoms with Crippen LogP contribution in [0.5, 0.6) is 5.75 Å². The Morgan fingerprint density at radius 1 is 1.32 bits per heavy atom. The van der Waals surface area contributed by atoms with Gasteiger partial charge in [0.1, 0.15) is 5.75 Å². The van der Waals surface area contributed by atoms with Gasteiger partial charge < -0.3 is 10.5 Å². The highest BCUT2D eigenvalue weighted by Gasteiger charge is 2.32. The van der Waals surface area contributed by atoms with Crippen molar-refractivity contribution in [1.29, 1.82) is 0 Å². The van der Waals surface area contributed by atoms with Crippen LogP contribution in [0.25, 0.3) is 0 Å². The number of rotatable bonds is 4. The maximum absolute atomic E-state index is 12.6. The van der Waals surface area contributed by atoms with Crippen LogP contribution in [0.1, 0.15) is 37.4 Å². The van der Waals surface area contributed by atoms with Crippen LogP contribution in [0.3, 0.4) is 0 Å². The average molecular weight is 298 g/mol. The summed E-state index contributed by atoms with van der Waals surface area (Å²) in [6, 6.07) is 3.11. The molecular weight excluding hydrogens is 279 g/mol. The van der Waals surface area contributed by atoms with Crippen LogP contribution in [0.4, 0.5) is 13.2 Å². The molecule has 1 rings (SSSR count). The van der Waals surface area contributed by atoms with Crippen LogP contribution in [-0.4, -0.2) is 7.11 Å². The Morgan fingerprint density at radius 2 is 1.89 bits per heavy atom. The van der Waals surface area contributed by atoms with Crippen LogP contribution >= 0.6 is 12.4 Å². The largest absolute Gasteiger partial charge is 0.496 e. The van der Waals surface area contributed by atoms with Crippen molar-refractivity contribution in [3.63, 3.8) is 0 Å². The Bertz CT molecular complexity index is 409. The lowest BCUT2D eigenvalue weighted by Crippen LogP contribution is -2.19. The zero-order chi connectivity index (χ0) is 13.9. The normalized spacial score (nSPS) is 14.5. The standard InChI is InChI=1S/C13H18F3NO.ClH/c1-4-8(2)12(17)10-6-5-9(13(14,15)16)7-11(10)18-3;/h5-8,12H,4,17H2,1-3H3;1H/t8?,12-;/m0./s1. The monoisotopic (exact) mass is 297 g/mol. The van der Waals surface area contributed by atoms with Crippen LogP contribution in [0.2, 0.25) is 0 Å². The first-order chi connectivity index (χ1) is 8.31. The number of hydrogen-bond acceptors (Lipinski definition) is 2. The van der Waals surface area contributed by atoms with Crippen LogP contribution in [0.15, 0.2) is 18.2 Å². The number of nitrogens with two attached hydrogens (primary N) is 1. The molecule has 0 fully saturated rings. The molecular formula is C13H19ClF3NO. The van der Waals surface area contributed by atoms with Crippen LogP contribution < -0.4 is 10.5 Å². The lowest BCUT2D eigenvalue weighted by molar-refractivity contribution is -0.137. The Kier molecular flexibility index (Phi) is 6.66. The van der Waals surface area contributed by atoms with E-state index in [1.165, 1.54) is 13.2 Å². The van der Waals surface area contributed by atoms with Crippen molar-refractivity contribution in [2.75, 3.05) is 7.11 Å². The summed E-state index contributed by atoms with van der Waals surface area (Å²) >= 11 is 0. The van der Waals surface area contributed by atoms with Gasteiger partial charge in [-0.25, -0.2) is 0 Å². The van der Waals surface area contributed by atoms with Gasteiger partial charge in [-0.05, 0) is 18.1 Å². The van der Waals surface area contributed by atoms with E-state index in [-0.39, 0.29) is 30.1 Å². The number of alkyl halides is 3. The van der Waals surface area contributed by atoms with E-state index in [0.29, 0.717) is 5.56 Å². The molecule has 0 spiro atoms. The number of hydrogen-bond donors (Lipinski definition) is 1. The van der Waals surface area contributed by atoms with Gasteiger partial charge in [-0.2, -0.15) is 13.2 Å². The molecule has 1 aromatic carbocycles. The first kappa shape index (κ1) is 18.1. The smallest absolute Gasteiger partial charge is 0.416 e. The lowest BCUT2D eigenvalue weighted by Gasteiger charge is -2.22. The molecule has 110 valence electrons. The van der Waals surface area contributed by atoms with Crippen molar-refractivity contribution >= 4 is 12.4 Å². The van der Waals surface area contributed by atoms with E-state index >= 15 is 0 Å². The Morgan fingerprint density at radius 3 is 2.32 bits per heavy atom. The van der Waals surface area contributed by atoms with Crippen molar-refractivity contribution in [1.82, 2.24) is 0 Å². The minimum Gasteiger partial charge on any atom is -0.496 e. The van der Waals surface area contributed by atoms with E-state index in [0.717, 1.165) is 18.6 Å². The lowest BCUT2D eigenvalue weighted by atomic mass is 9.92. The van der Waals surface area contributed by atoms with Gasteiger partial charge in [-0.3, -0.25) is 0 Å². The molecule has 0 radical (unpaired) electrons. The van der Waals surface area contributed by atoms with Gasteiger partial charge in [-0.15, -0.1) is 12.4 Å². The third-order valence-electron chi connectivity index (χ3n) is 3.18. The van der Waals surface area contributed by atoms with Gasteiger partial charge in [0.25, 0.3) is 0 Å². The fourth-order valence-corrected chi connectivity index (χ4v) is 1.72. The zero-order valence-corrected chi connectivity index (χ0v) is 11.9. The Balaban J connectivity index is 0.00000324. The van der Waals surface area contributed by atoms with E-state index in [1.54, 1.807) is 0 Å². The molecule has 0 heterocycles. The molecule has 2 atom stereocenters.